The number of fused-ring (bicyclic) bond motifs is 1. The largest absolute Gasteiger partial charge is 0.461 e. The van der Waals surface area contributed by atoms with Gasteiger partial charge in [0.2, 0.25) is 6.54 Å². The minimum atomic E-state index is -0.210. The first-order chi connectivity index (χ1) is 7.29. The number of hydrogen-bond donors (Lipinski definition) is 0. The molecule has 0 fully saturated rings. The first-order valence-electron chi connectivity index (χ1n) is 4.91. The Morgan fingerprint density at radius 1 is 1.53 bits per heavy atom. The molecule has 2 aromatic heterocycles. The molecule has 78 valence electrons. The second-order valence-electron chi connectivity index (χ2n) is 3.24. The van der Waals surface area contributed by atoms with Crippen LogP contribution >= 0.6 is 0 Å². The van der Waals surface area contributed by atoms with Crippen LogP contribution in [0.4, 0.5) is 0 Å². The lowest BCUT2D eigenvalue weighted by Gasteiger charge is -1.98. The summed E-state index contributed by atoms with van der Waals surface area (Å²) in [6.07, 6.45) is 7.64. The second kappa shape index (κ2) is 4.13. The third kappa shape index (κ3) is 2.15. The Hall–Kier alpha value is -1.84. The second-order valence-corrected chi connectivity index (χ2v) is 3.24. The highest BCUT2D eigenvalue weighted by molar-refractivity contribution is 5.67. The number of nitrogens with zero attached hydrogens (tertiary/aromatic N) is 2. The van der Waals surface area contributed by atoms with Gasteiger partial charge in [-0.05, 0) is 19.1 Å². The van der Waals surface area contributed by atoms with E-state index in [1.54, 1.807) is 6.92 Å². The normalized spacial score (nSPS) is 10.5. The predicted octanol–water partition coefficient (Wildman–Crippen LogP) is 0.790. The lowest BCUT2D eigenvalue weighted by atomic mass is 10.5. The summed E-state index contributed by atoms with van der Waals surface area (Å²) in [6.45, 7) is 2.49. The van der Waals surface area contributed by atoms with Gasteiger partial charge in [0, 0.05) is 6.20 Å². The van der Waals surface area contributed by atoms with Gasteiger partial charge in [-0.1, -0.05) is 0 Å². The summed E-state index contributed by atoms with van der Waals surface area (Å²) in [5.74, 6) is -0.210. The van der Waals surface area contributed by atoms with Gasteiger partial charge >= 0.3 is 5.97 Å². The molecule has 4 nitrogen and oxygen atoms in total. The number of carbonyl (C=O) groups excluding carboxylic acids is 1. The molecule has 2 aromatic rings. The number of carbonyl (C=O) groups is 1. The third-order valence-corrected chi connectivity index (χ3v) is 2.15. The predicted molar refractivity (Wildman–Crippen MR) is 54.2 cm³/mol. The quantitative estimate of drug-likeness (QED) is 0.548. The van der Waals surface area contributed by atoms with E-state index < -0.39 is 0 Å². The Bertz CT molecular complexity index is 476. The van der Waals surface area contributed by atoms with Crippen LogP contribution < -0.4 is 4.57 Å². The van der Waals surface area contributed by atoms with Crippen LogP contribution in [-0.2, 0) is 16.1 Å². The molecule has 0 unspecified atom stereocenters. The van der Waals surface area contributed by atoms with E-state index in [4.69, 9.17) is 4.74 Å². The minimum Gasteiger partial charge on any atom is -0.461 e. The zero-order chi connectivity index (χ0) is 10.7. The van der Waals surface area contributed by atoms with Gasteiger partial charge in [0.05, 0.1) is 12.8 Å². The number of ether oxygens (including phenoxy) is 1. The highest BCUT2D eigenvalue weighted by Gasteiger charge is 2.10. The highest BCUT2D eigenvalue weighted by atomic mass is 16.5. The fraction of sp³-hybridized carbons (Fsp3) is 0.273. The molecule has 2 rings (SSSR count). The Morgan fingerprint density at radius 2 is 2.40 bits per heavy atom. The first kappa shape index (κ1) is 9.71. The van der Waals surface area contributed by atoms with Crippen molar-refractivity contribution in [1.82, 2.24) is 4.40 Å². The van der Waals surface area contributed by atoms with E-state index in [9.17, 15) is 4.79 Å². The van der Waals surface area contributed by atoms with Crippen molar-refractivity contribution in [2.24, 2.45) is 0 Å². The molecule has 0 saturated carbocycles. The van der Waals surface area contributed by atoms with Crippen molar-refractivity contribution in [3.8, 4) is 0 Å². The average Bonchev–Trinajstić information content (AvgIpc) is 2.65. The Kier molecular flexibility index (Phi) is 2.67. The fourth-order valence-corrected chi connectivity index (χ4v) is 1.48. The van der Waals surface area contributed by atoms with Gasteiger partial charge in [-0.15, -0.1) is 0 Å². The molecule has 0 aliphatic rings. The standard InChI is InChI=1S/C11H13N2O2/c1-2-15-11(14)9-12-6-7-13-5-3-4-10(13)8-12/h3-8H,2,9H2,1H3/q+1. The van der Waals surface area contributed by atoms with E-state index in [-0.39, 0.29) is 12.5 Å². The molecule has 0 aliphatic carbocycles. The molecule has 0 aromatic carbocycles. The SMILES string of the molecule is CCOC(=O)C[n+]1ccn2cccc2c1. The summed E-state index contributed by atoms with van der Waals surface area (Å²) < 4.78 is 8.67. The van der Waals surface area contributed by atoms with Crippen LogP contribution in [0.1, 0.15) is 6.92 Å². The van der Waals surface area contributed by atoms with Gasteiger partial charge in [0.15, 0.2) is 12.4 Å². The number of rotatable bonds is 3. The molecular formula is C11H13N2O2+. The van der Waals surface area contributed by atoms with Crippen molar-refractivity contribution < 1.29 is 14.1 Å². The average molecular weight is 205 g/mol. The molecule has 0 spiro atoms. The fourth-order valence-electron chi connectivity index (χ4n) is 1.48. The van der Waals surface area contributed by atoms with Gasteiger partial charge in [-0.25, -0.2) is 4.79 Å². The van der Waals surface area contributed by atoms with Gasteiger partial charge in [-0.2, -0.15) is 4.57 Å². The molecule has 0 saturated heterocycles. The summed E-state index contributed by atoms with van der Waals surface area (Å²) in [5.41, 5.74) is 1.06. The van der Waals surface area contributed by atoms with Crippen molar-refractivity contribution in [1.29, 1.82) is 0 Å². The van der Waals surface area contributed by atoms with Crippen LogP contribution in [0, 0.1) is 0 Å². The van der Waals surface area contributed by atoms with Gasteiger partial charge < -0.3 is 9.14 Å². The third-order valence-electron chi connectivity index (χ3n) is 2.15. The number of esters is 1. The van der Waals surface area contributed by atoms with Gasteiger partial charge in [-0.3, -0.25) is 0 Å². The molecule has 0 amide bonds. The smallest absolute Gasteiger partial charge is 0.372 e. The Labute approximate surface area is 87.7 Å². The number of hydrogen-bond acceptors (Lipinski definition) is 2. The summed E-state index contributed by atoms with van der Waals surface area (Å²) in [6, 6.07) is 3.95. The molecule has 0 bridgehead atoms. The zero-order valence-electron chi connectivity index (χ0n) is 8.59. The lowest BCUT2D eigenvalue weighted by Crippen LogP contribution is -2.38. The maximum absolute atomic E-state index is 11.2. The van der Waals surface area contributed by atoms with E-state index >= 15 is 0 Å². The molecule has 15 heavy (non-hydrogen) atoms. The van der Waals surface area contributed by atoms with Gasteiger partial charge in [0.25, 0.3) is 0 Å². The van der Waals surface area contributed by atoms with Crippen LogP contribution in [0.5, 0.6) is 0 Å². The van der Waals surface area contributed by atoms with E-state index in [1.807, 2.05) is 45.9 Å². The number of aromatic nitrogens is 2. The first-order valence-corrected chi connectivity index (χ1v) is 4.91. The van der Waals surface area contributed by atoms with E-state index in [0.29, 0.717) is 6.61 Å². The molecule has 0 aliphatic heterocycles. The molecule has 0 atom stereocenters. The van der Waals surface area contributed by atoms with E-state index in [1.165, 1.54) is 0 Å². The topological polar surface area (TPSA) is 34.6 Å². The summed E-state index contributed by atoms with van der Waals surface area (Å²) >= 11 is 0. The summed E-state index contributed by atoms with van der Waals surface area (Å²) in [5, 5.41) is 0. The van der Waals surface area contributed by atoms with Crippen molar-refractivity contribution in [2.45, 2.75) is 13.5 Å². The zero-order valence-corrected chi connectivity index (χ0v) is 8.59. The van der Waals surface area contributed by atoms with Crippen LogP contribution in [-0.4, -0.2) is 17.0 Å². The Morgan fingerprint density at radius 3 is 3.20 bits per heavy atom. The molecule has 0 N–H and O–H groups in total. The van der Waals surface area contributed by atoms with E-state index in [2.05, 4.69) is 0 Å². The van der Waals surface area contributed by atoms with E-state index in [0.717, 1.165) is 5.52 Å². The van der Waals surface area contributed by atoms with Crippen LogP contribution in [0.2, 0.25) is 0 Å². The Balaban J connectivity index is 2.17. The van der Waals surface area contributed by atoms with Crippen molar-refractivity contribution in [2.75, 3.05) is 6.61 Å². The maximum atomic E-state index is 11.2. The summed E-state index contributed by atoms with van der Waals surface area (Å²) in [7, 11) is 0. The minimum absolute atomic E-state index is 0.210. The summed E-state index contributed by atoms with van der Waals surface area (Å²) in [4.78, 5) is 11.2. The lowest BCUT2D eigenvalue weighted by molar-refractivity contribution is -0.685. The van der Waals surface area contributed by atoms with Crippen molar-refractivity contribution >= 4 is 11.5 Å². The maximum Gasteiger partial charge on any atom is 0.372 e. The molecule has 2 heterocycles. The van der Waals surface area contributed by atoms with Crippen molar-refractivity contribution in [3.63, 3.8) is 0 Å². The van der Waals surface area contributed by atoms with Crippen LogP contribution in [0.15, 0.2) is 36.9 Å². The van der Waals surface area contributed by atoms with Gasteiger partial charge in [0.1, 0.15) is 5.52 Å². The van der Waals surface area contributed by atoms with Crippen LogP contribution in [0.3, 0.4) is 0 Å². The monoisotopic (exact) mass is 205 g/mol. The molecular weight excluding hydrogens is 192 g/mol. The van der Waals surface area contributed by atoms with Crippen molar-refractivity contribution in [3.05, 3.63) is 36.9 Å². The highest BCUT2D eigenvalue weighted by Crippen LogP contribution is 1.99. The van der Waals surface area contributed by atoms with Crippen LogP contribution in [0.25, 0.3) is 5.52 Å². The molecule has 4 heteroatoms. The molecule has 0 radical (unpaired) electrons.